The van der Waals surface area contributed by atoms with Crippen LogP contribution in [-0.4, -0.2) is 50.4 Å². The molecule has 1 fully saturated rings. The van der Waals surface area contributed by atoms with Crippen LogP contribution in [0.3, 0.4) is 0 Å². The predicted octanol–water partition coefficient (Wildman–Crippen LogP) is 1.56. The van der Waals surface area contributed by atoms with Crippen molar-refractivity contribution in [2.45, 2.75) is 32.8 Å². The van der Waals surface area contributed by atoms with E-state index in [1.54, 1.807) is 0 Å². The molecule has 1 saturated heterocycles. The maximum absolute atomic E-state index is 12.3. The number of carbonyl (C=O) groups excluding carboxylic acids is 3. The van der Waals surface area contributed by atoms with Gasteiger partial charge in [-0.05, 0) is 26.7 Å². The first-order valence-electron chi connectivity index (χ1n) is 8.31. The SMILES string of the molecule is C=C(C)C(=O)OCCOC(=O)C1CC(C)=CCC1C(=O)OCC1CO1. The molecular weight excluding hydrogens is 328 g/mol. The van der Waals surface area contributed by atoms with Crippen molar-refractivity contribution in [1.29, 1.82) is 0 Å². The number of ether oxygens (including phenoxy) is 4. The first-order chi connectivity index (χ1) is 11.9. The molecule has 0 amide bonds. The molecule has 2 rings (SSSR count). The summed E-state index contributed by atoms with van der Waals surface area (Å²) in [7, 11) is 0. The third kappa shape index (κ3) is 6.01. The van der Waals surface area contributed by atoms with Crippen LogP contribution in [0.1, 0.15) is 26.7 Å². The molecule has 0 saturated carbocycles. The van der Waals surface area contributed by atoms with Crippen LogP contribution in [-0.2, 0) is 33.3 Å². The van der Waals surface area contributed by atoms with E-state index in [1.165, 1.54) is 6.92 Å². The van der Waals surface area contributed by atoms with Gasteiger partial charge >= 0.3 is 17.9 Å². The Morgan fingerprint density at radius 1 is 1.16 bits per heavy atom. The van der Waals surface area contributed by atoms with E-state index >= 15 is 0 Å². The second-order valence-corrected chi connectivity index (χ2v) is 6.37. The van der Waals surface area contributed by atoms with Gasteiger partial charge in [0.15, 0.2) is 0 Å². The van der Waals surface area contributed by atoms with Crippen molar-refractivity contribution < 1.29 is 33.3 Å². The summed E-state index contributed by atoms with van der Waals surface area (Å²) in [5, 5.41) is 0. The third-order valence-corrected chi connectivity index (χ3v) is 4.08. The van der Waals surface area contributed by atoms with Crippen molar-refractivity contribution in [1.82, 2.24) is 0 Å². The van der Waals surface area contributed by atoms with E-state index in [0.717, 1.165) is 5.57 Å². The summed E-state index contributed by atoms with van der Waals surface area (Å²) in [5.74, 6) is -2.57. The quantitative estimate of drug-likeness (QED) is 0.163. The average molecular weight is 352 g/mol. The fraction of sp³-hybridized carbons (Fsp3) is 0.611. The number of esters is 3. The highest BCUT2D eigenvalue weighted by Crippen LogP contribution is 2.32. The fourth-order valence-electron chi connectivity index (χ4n) is 2.53. The summed E-state index contributed by atoms with van der Waals surface area (Å²) < 4.78 is 20.3. The Bertz CT molecular complexity index is 574. The average Bonchev–Trinajstić information content (AvgIpc) is 3.40. The molecule has 138 valence electrons. The molecule has 7 nitrogen and oxygen atoms in total. The lowest BCUT2D eigenvalue weighted by atomic mass is 9.80. The monoisotopic (exact) mass is 352 g/mol. The lowest BCUT2D eigenvalue weighted by molar-refractivity contribution is -0.163. The van der Waals surface area contributed by atoms with Crippen LogP contribution in [0.5, 0.6) is 0 Å². The van der Waals surface area contributed by atoms with Gasteiger partial charge in [-0.1, -0.05) is 18.2 Å². The zero-order valence-corrected chi connectivity index (χ0v) is 14.6. The maximum atomic E-state index is 12.3. The first kappa shape index (κ1) is 19.2. The Balaban J connectivity index is 1.83. The highest BCUT2D eigenvalue weighted by Gasteiger charge is 2.38. The topological polar surface area (TPSA) is 91.4 Å². The lowest BCUT2D eigenvalue weighted by Gasteiger charge is -2.27. The molecule has 2 aliphatic rings. The minimum absolute atomic E-state index is 0.0155. The Morgan fingerprint density at radius 3 is 2.44 bits per heavy atom. The smallest absolute Gasteiger partial charge is 0.333 e. The zero-order chi connectivity index (χ0) is 18.4. The lowest BCUT2D eigenvalue weighted by Crippen LogP contribution is -2.35. The normalized spacial score (nSPS) is 24.7. The largest absolute Gasteiger partial charge is 0.463 e. The summed E-state index contributed by atoms with van der Waals surface area (Å²) in [4.78, 5) is 35.9. The van der Waals surface area contributed by atoms with E-state index in [2.05, 4.69) is 6.58 Å². The van der Waals surface area contributed by atoms with E-state index in [-0.39, 0.29) is 31.5 Å². The van der Waals surface area contributed by atoms with Crippen molar-refractivity contribution >= 4 is 17.9 Å². The summed E-state index contributed by atoms with van der Waals surface area (Å²) in [5.41, 5.74) is 1.31. The zero-order valence-electron chi connectivity index (χ0n) is 14.6. The molecule has 0 radical (unpaired) electrons. The highest BCUT2D eigenvalue weighted by molar-refractivity contribution is 5.87. The number of hydrogen-bond acceptors (Lipinski definition) is 7. The van der Waals surface area contributed by atoms with Gasteiger partial charge in [0, 0.05) is 5.57 Å². The standard InChI is InChI=1S/C18H24O7/c1-11(2)16(19)22-6-7-23-18(21)15-8-12(3)4-5-14(15)17(20)25-10-13-9-24-13/h4,13-15H,1,5-10H2,2-3H3. The molecule has 1 aliphatic heterocycles. The van der Waals surface area contributed by atoms with Gasteiger partial charge in [-0.3, -0.25) is 9.59 Å². The molecule has 0 aromatic rings. The molecule has 25 heavy (non-hydrogen) atoms. The minimum atomic E-state index is -0.588. The highest BCUT2D eigenvalue weighted by atomic mass is 16.6. The van der Waals surface area contributed by atoms with Gasteiger partial charge in [-0.15, -0.1) is 0 Å². The Hall–Kier alpha value is -2.15. The van der Waals surface area contributed by atoms with Crippen LogP contribution in [0, 0.1) is 11.8 Å². The molecule has 0 bridgehead atoms. The van der Waals surface area contributed by atoms with Crippen LogP contribution in [0.4, 0.5) is 0 Å². The van der Waals surface area contributed by atoms with Crippen molar-refractivity contribution in [2.24, 2.45) is 11.8 Å². The Morgan fingerprint density at radius 2 is 1.80 bits per heavy atom. The molecule has 0 N–H and O–H groups in total. The molecule has 3 atom stereocenters. The fourth-order valence-corrected chi connectivity index (χ4v) is 2.53. The van der Waals surface area contributed by atoms with E-state index < -0.39 is 29.7 Å². The molecule has 7 heteroatoms. The van der Waals surface area contributed by atoms with E-state index in [0.29, 0.717) is 19.4 Å². The summed E-state index contributed by atoms with van der Waals surface area (Å²) >= 11 is 0. The summed E-state index contributed by atoms with van der Waals surface area (Å²) in [6.07, 6.45) is 2.82. The maximum Gasteiger partial charge on any atom is 0.333 e. The molecule has 0 aromatic heterocycles. The third-order valence-electron chi connectivity index (χ3n) is 4.08. The van der Waals surface area contributed by atoms with Crippen LogP contribution < -0.4 is 0 Å². The van der Waals surface area contributed by atoms with Crippen molar-refractivity contribution in [2.75, 3.05) is 26.4 Å². The van der Waals surface area contributed by atoms with Gasteiger partial charge in [0.2, 0.25) is 0 Å². The van der Waals surface area contributed by atoms with Crippen LogP contribution in [0.15, 0.2) is 23.8 Å². The van der Waals surface area contributed by atoms with E-state index in [1.807, 2.05) is 13.0 Å². The van der Waals surface area contributed by atoms with Gasteiger partial charge < -0.3 is 18.9 Å². The Kier molecular flexibility index (Phi) is 6.75. The van der Waals surface area contributed by atoms with Crippen LogP contribution in [0.25, 0.3) is 0 Å². The minimum Gasteiger partial charge on any atom is -0.463 e. The number of rotatable bonds is 8. The van der Waals surface area contributed by atoms with Crippen LogP contribution in [0.2, 0.25) is 0 Å². The summed E-state index contributed by atoms with van der Waals surface area (Å²) in [6.45, 7) is 7.62. The first-order valence-corrected chi connectivity index (χ1v) is 8.31. The molecule has 0 spiro atoms. The van der Waals surface area contributed by atoms with Crippen molar-refractivity contribution in [3.8, 4) is 0 Å². The number of hydrogen-bond donors (Lipinski definition) is 0. The number of carbonyl (C=O) groups is 3. The second kappa shape index (κ2) is 8.80. The molecule has 1 aliphatic carbocycles. The molecule has 0 aromatic carbocycles. The second-order valence-electron chi connectivity index (χ2n) is 6.37. The molecular formula is C18H24O7. The number of allylic oxidation sites excluding steroid dienone is 2. The van der Waals surface area contributed by atoms with Crippen molar-refractivity contribution in [3.63, 3.8) is 0 Å². The summed E-state index contributed by atoms with van der Waals surface area (Å²) in [6, 6.07) is 0. The molecule has 3 unspecified atom stereocenters. The van der Waals surface area contributed by atoms with Gasteiger partial charge in [0.1, 0.15) is 25.9 Å². The van der Waals surface area contributed by atoms with Gasteiger partial charge in [-0.25, -0.2) is 4.79 Å². The van der Waals surface area contributed by atoms with E-state index in [4.69, 9.17) is 18.9 Å². The predicted molar refractivity (Wildman–Crippen MR) is 87.4 cm³/mol. The van der Waals surface area contributed by atoms with Gasteiger partial charge in [-0.2, -0.15) is 0 Å². The molecule has 1 heterocycles. The Labute approximate surface area is 146 Å². The van der Waals surface area contributed by atoms with Gasteiger partial charge in [0.25, 0.3) is 0 Å². The van der Waals surface area contributed by atoms with E-state index in [9.17, 15) is 14.4 Å². The van der Waals surface area contributed by atoms with Gasteiger partial charge in [0.05, 0.1) is 18.4 Å². The van der Waals surface area contributed by atoms with Crippen LogP contribution >= 0.6 is 0 Å². The van der Waals surface area contributed by atoms with Crippen molar-refractivity contribution in [3.05, 3.63) is 23.8 Å². The number of epoxide rings is 1.